The standard InChI is InChI=1S/C15H21NO2/c1-10-6-11(2)8-12(7-10)14(18)16-9-13(17)15(3,4)5/h6-8H,9H2,1-5H3,(H,16,18). The molecule has 1 aromatic rings. The van der Waals surface area contributed by atoms with Crippen LogP contribution in [0.4, 0.5) is 0 Å². The second-order valence-corrected chi connectivity index (χ2v) is 5.73. The Labute approximate surface area is 109 Å². The number of carbonyl (C=O) groups excluding carboxylic acids is 2. The van der Waals surface area contributed by atoms with Crippen molar-refractivity contribution in [3.05, 3.63) is 34.9 Å². The van der Waals surface area contributed by atoms with E-state index < -0.39 is 5.41 Å². The Morgan fingerprint density at radius 2 is 1.56 bits per heavy atom. The third-order valence-electron chi connectivity index (χ3n) is 2.73. The molecule has 0 atom stereocenters. The summed E-state index contributed by atoms with van der Waals surface area (Å²) in [5, 5.41) is 2.67. The van der Waals surface area contributed by atoms with Gasteiger partial charge >= 0.3 is 0 Å². The van der Waals surface area contributed by atoms with E-state index in [2.05, 4.69) is 5.32 Å². The molecule has 3 heteroatoms. The maximum atomic E-state index is 11.9. The summed E-state index contributed by atoms with van der Waals surface area (Å²) in [7, 11) is 0. The molecule has 0 radical (unpaired) electrons. The van der Waals surface area contributed by atoms with Gasteiger partial charge in [0, 0.05) is 11.0 Å². The van der Waals surface area contributed by atoms with Gasteiger partial charge in [0.1, 0.15) is 0 Å². The summed E-state index contributed by atoms with van der Waals surface area (Å²) in [6, 6.07) is 5.66. The number of benzene rings is 1. The van der Waals surface area contributed by atoms with Gasteiger partial charge in [0.15, 0.2) is 5.78 Å². The third-order valence-corrected chi connectivity index (χ3v) is 2.73. The number of ketones is 1. The molecule has 3 nitrogen and oxygen atoms in total. The predicted octanol–water partition coefficient (Wildman–Crippen LogP) is 2.65. The van der Waals surface area contributed by atoms with Crippen molar-refractivity contribution >= 4 is 11.7 Å². The first-order chi connectivity index (χ1) is 8.20. The van der Waals surface area contributed by atoms with E-state index in [0.29, 0.717) is 5.56 Å². The number of nitrogens with one attached hydrogen (secondary N) is 1. The minimum Gasteiger partial charge on any atom is -0.345 e. The largest absolute Gasteiger partial charge is 0.345 e. The molecular weight excluding hydrogens is 226 g/mol. The number of rotatable bonds is 3. The topological polar surface area (TPSA) is 46.2 Å². The molecule has 18 heavy (non-hydrogen) atoms. The number of amides is 1. The van der Waals surface area contributed by atoms with Crippen LogP contribution in [0.5, 0.6) is 0 Å². The smallest absolute Gasteiger partial charge is 0.251 e. The first-order valence-electron chi connectivity index (χ1n) is 6.10. The average Bonchev–Trinajstić information content (AvgIpc) is 2.22. The highest BCUT2D eigenvalue weighted by atomic mass is 16.2. The molecule has 1 N–H and O–H groups in total. The molecule has 0 unspecified atom stereocenters. The van der Waals surface area contributed by atoms with Crippen molar-refractivity contribution in [2.24, 2.45) is 5.41 Å². The van der Waals surface area contributed by atoms with Gasteiger partial charge in [0.2, 0.25) is 0 Å². The molecule has 1 rings (SSSR count). The Morgan fingerprint density at radius 1 is 1.06 bits per heavy atom. The van der Waals surface area contributed by atoms with Gasteiger partial charge in [-0.05, 0) is 26.0 Å². The Morgan fingerprint density at radius 3 is 2.00 bits per heavy atom. The average molecular weight is 247 g/mol. The Hall–Kier alpha value is -1.64. The molecule has 0 aliphatic carbocycles. The van der Waals surface area contributed by atoms with Gasteiger partial charge in [-0.3, -0.25) is 9.59 Å². The number of hydrogen-bond acceptors (Lipinski definition) is 2. The number of hydrogen-bond donors (Lipinski definition) is 1. The third kappa shape index (κ3) is 3.99. The van der Waals surface area contributed by atoms with Gasteiger partial charge in [-0.25, -0.2) is 0 Å². The molecule has 0 aliphatic heterocycles. The first-order valence-corrected chi connectivity index (χ1v) is 6.10. The van der Waals surface area contributed by atoms with E-state index in [1.807, 2.05) is 52.8 Å². The van der Waals surface area contributed by atoms with Gasteiger partial charge in [-0.2, -0.15) is 0 Å². The predicted molar refractivity (Wildman–Crippen MR) is 72.7 cm³/mol. The lowest BCUT2D eigenvalue weighted by Crippen LogP contribution is -2.35. The van der Waals surface area contributed by atoms with E-state index in [-0.39, 0.29) is 18.2 Å². The highest BCUT2D eigenvalue weighted by Crippen LogP contribution is 2.14. The normalized spacial score (nSPS) is 11.2. The molecule has 1 amide bonds. The van der Waals surface area contributed by atoms with Crippen LogP contribution in [0, 0.1) is 19.3 Å². The van der Waals surface area contributed by atoms with Crippen LogP contribution >= 0.6 is 0 Å². The van der Waals surface area contributed by atoms with Crippen LogP contribution in [0.2, 0.25) is 0 Å². The summed E-state index contributed by atoms with van der Waals surface area (Å²) in [5.74, 6) is -0.167. The summed E-state index contributed by atoms with van der Waals surface area (Å²) < 4.78 is 0. The SMILES string of the molecule is Cc1cc(C)cc(C(=O)NCC(=O)C(C)(C)C)c1. The van der Waals surface area contributed by atoms with Crippen molar-refractivity contribution in [2.75, 3.05) is 6.54 Å². The molecule has 1 aromatic carbocycles. The molecule has 0 saturated carbocycles. The van der Waals surface area contributed by atoms with Gasteiger partial charge in [0.05, 0.1) is 6.54 Å². The summed E-state index contributed by atoms with van der Waals surface area (Å²) in [6.45, 7) is 9.51. The van der Waals surface area contributed by atoms with Crippen molar-refractivity contribution < 1.29 is 9.59 Å². The Balaban J connectivity index is 2.69. The zero-order valence-electron chi connectivity index (χ0n) is 11.8. The van der Waals surface area contributed by atoms with Gasteiger partial charge < -0.3 is 5.32 Å². The lowest BCUT2D eigenvalue weighted by molar-refractivity contribution is -0.125. The summed E-state index contributed by atoms with van der Waals surface area (Å²) in [4.78, 5) is 23.6. The van der Waals surface area contributed by atoms with Crippen LogP contribution in [-0.2, 0) is 4.79 Å². The van der Waals surface area contributed by atoms with Crippen LogP contribution in [0.1, 0.15) is 42.3 Å². The van der Waals surface area contributed by atoms with Crippen LogP contribution < -0.4 is 5.32 Å². The van der Waals surface area contributed by atoms with Gasteiger partial charge in [-0.1, -0.05) is 38.0 Å². The van der Waals surface area contributed by atoms with Crippen molar-refractivity contribution in [1.29, 1.82) is 0 Å². The number of carbonyl (C=O) groups is 2. The van der Waals surface area contributed by atoms with Crippen LogP contribution in [0.25, 0.3) is 0 Å². The van der Waals surface area contributed by atoms with Crippen molar-refractivity contribution in [1.82, 2.24) is 5.32 Å². The van der Waals surface area contributed by atoms with Crippen molar-refractivity contribution in [3.63, 3.8) is 0 Å². The summed E-state index contributed by atoms with van der Waals surface area (Å²) >= 11 is 0. The lowest BCUT2D eigenvalue weighted by Gasteiger charge is -2.16. The molecule has 0 spiro atoms. The quantitative estimate of drug-likeness (QED) is 0.892. The molecule has 0 saturated heterocycles. The molecule has 0 aromatic heterocycles. The van der Waals surface area contributed by atoms with E-state index in [1.165, 1.54) is 0 Å². The van der Waals surface area contributed by atoms with Crippen LogP contribution in [0.15, 0.2) is 18.2 Å². The zero-order chi connectivity index (χ0) is 13.9. The molecule has 0 aliphatic rings. The maximum absolute atomic E-state index is 11.9. The van der Waals surface area contributed by atoms with E-state index in [1.54, 1.807) is 0 Å². The minimum absolute atomic E-state index is 0.0280. The van der Waals surface area contributed by atoms with E-state index in [9.17, 15) is 9.59 Å². The molecular formula is C15H21NO2. The first kappa shape index (κ1) is 14.4. The van der Waals surface area contributed by atoms with E-state index >= 15 is 0 Å². The summed E-state index contributed by atoms with van der Waals surface area (Å²) in [5.41, 5.74) is 2.27. The highest BCUT2D eigenvalue weighted by Gasteiger charge is 2.21. The van der Waals surface area contributed by atoms with Gasteiger partial charge in [-0.15, -0.1) is 0 Å². The van der Waals surface area contributed by atoms with Crippen LogP contribution in [-0.4, -0.2) is 18.2 Å². The van der Waals surface area contributed by atoms with Gasteiger partial charge in [0.25, 0.3) is 5.91 Å². The monoisotopic (exact) mass is 247 g/mol. The van der Waals surface area contributed by atoms with Crippen molar-refractivity contribution in [3.8, 4) is 0 Å². The Bertz CT molecular complexity index is 450. The zero-order valence-corrected chi connectivity index (χ0v) is 11.8. The fourth-order valence-corrected chi connectivity index (χ4v) is 1.63. The highest BCUT2D eigenvalue weighted by molar-refractivity contribution is 5.97. The fourth-order valence-electron chi connectivity index (χ4n) is 1.63. The second kappa shape index (κ2) is 5.34. The molecule has 0 fully saturated rings. The van der Waals surface area contributed by atoms with Crippen LogP contribution in [0.3, 0.4) is 0 Å². The maximum Gasteiger partial charge on any atom is 0.251 e. The summed E-state index contributed by atoms with van der Waals surface area (Å²) in [6.07, 6.45) is 0. The fraction of sp³-hybridized carbons (Fsp3) is 0.467. The molecule has 0 bridgehead atoms. The molecule has 0 heterocycles. The number of Topliss-reactive ketones (excluding diaryl/α,β-unsaturated/α-hetero) is 1. The second-order valence-electron chi connectivity index (χ2n) is 5.73. The number of aryl methyl sites for hydroxylation is 2. The lowest BCUT2D eigenvalue weighted by atomic mass is 9.91. The van der Waals surface area contributed by atoms with E-state index in [0.717, 1.165) is 11.1 Å². The minimum atomic E-state index is -0.421. The molecule has 98 valence electrons. The van der Waals surface area contributed by atoms with E-state index in [4.69, 9.17) is 0 Å². The Kier molecular flexibility index (Phi) is 4.28. The van der Waals surface area contributed by atoms with Crippen molar-refractivity contribution in [2.45, 2.75) is 34.6 Å².